The van der Waals surface area contributed by atoms with E-state index in [9.17, 15) is 4.79 Å². The second kappa shape index (κ2) is 5.85. The maximum absolute atomic E-state index is 12.7. The number of carbonyl (C=O) groups excluding carboxylic acids is 1. The SMILES string of the molecule is COc1ccc(Cl)c(C(=O)N2CC[C@H]3O[C@@H](C)C[C@H]3C2)c1. The molecule has 2 aliphatic heterocycles. The molecule has 0 aromatic heterocycles. The van der Waals surface area contributed by atoms with Crippen LogP contribution in [0.2, 0.25) is 5.02 Å². The number of hydrogen-bond acceptors (Lipinski definition) is 3. The lowest BCUT2D eigenvalue weighted by Gasteiger charge is -2.34. The Morgan fingerprint density at radius 3 is 3.05 bits per heavy atom. The zero-order chi connectivity index (χ0) is 15.0. The molecule has 3 atom stereocenters. The summed E-state index contributed by atoms with van der Waals surface area (Å²) in [5.41, 5.74) is 0.515. The number of benzene rings is 1. The number of rotatable bonds is 2. The molecule has 0 bridgehead atoms. The van der Waals surface area contributed by atoms with Crippen LogP contribution >= 0.6 is 11.6 Å². The Morgan fingerprint density at radius 1 is 1.48 bits per heavy atom. The maximum atomic E-state index is 12.7. The third-order valence-corrected chi connectivity index (χ3v) is 4.73. The van der Waals surface area contributed by atoms with Gasteiger partial charge in [-0.25, -0.2) is 0 Å². The molecule has 2 heterocycles. The quantitative estimate of drug-likeness (QED) is 0.843. The van der Waals surface area contributed by atoms with Crippen LogP contribution in [0.4, 0.5) is 0 Å². The standard InChI is InChI=1S/C16H20ClNO3/c1-10-7-11-9-18(6-5-15(11)21-10)16(19)13-8-12(20-2)3-4-14(13)17/h3-4,8,10-11,15H,5-7,9H2,1-2H3/t10-,11-,15+/m0/s1. The van der Waals surface area contributed by atoms with Crippen molar-refractivity contribution < 1.29 is 14.3 Å². The first kappa shape index (κ1) is 14.7. The number of methoxy groups -OCH3 is 1. The Bertz CT molecular complexity index is 548. The van der Waals surface area contributed by atoms with E-state index in [0.717, 1.165) is 25.9 Å². The van der Waals surface area contributed by atoms with E-state index in [2.05, 4.69) is 6.92 Å². The summed E-state index contributed by atoms with van der Waals surface area (Å²) in [6.07, 6.45) is 2.54. The van der Waals surface area contributed by atoms with Gasteiger partial charge in [-0.15, -0.1) is 0 Å². The van der Waals surface area contributed by atoms with Gasteiger partial charge in [-0.05, 0) is 38.0 Å². The van der Waals surface area contributed by atoms with E-state index >= 15 is 0 Å². The normalized spacial score (nSPS) is 28.3. The molecule has 0 N–H and O–H groups in total. The van der Waals surface area contributed by atoms with Gasteiger partial charge in [-0.1, -0.05) is 11.6 Å². The molecule has 114 valence electrons. The lowest BCUT2D eigenvalue weighted by Crippen LogP contribution is -2.44. The van der Waals surface area contributed by atoms with E-state index < -0.39 is 0 Å². The van der Waals surface area contributed by atoms with Crippen LogP contribution in [0.25, 0.3) is 0 Å². The van der Waals surface area contributed by atoms with Gasteiger partial charge in [-0.3, -0.25) is 4.79 Å². The van der Waals surface area contributed by atoms with Crippen molar-refractivity contribution >= 4 is 17.5 Å². The summed E-state index contributed by atoms with van der Waals surface area (Å²) in [6.45, 7) is 3.57. The molecular weight excluding hydrogens is 290 g/mol. The second-order valence-electron chi connectivity index (χ2n) is 5.87. The van der Waals surface area contributed by atoms with Crippen molar-refractivity contribution in [1.29, 1.82) is 0 Å². The molecule has 0 unspecified atom stereocenters. The van der Waals surface area contributed by atoms with Crippen molar-refractivity contribution in [2.45, 2.75) is 32.0 Å². The lowest BCUT2D eigenvalue weighted by atomic mass is 9.92. The van der Waals surface area contributed by atoms with Crippen molar-refractivity contribution in [3.63, 3.8) is 0 Å². The van der Waals surface area contributed by atoms with Gasteiger partial charge in [0.05, 0.1) is 29.9 Å². The number of amides is 1. The van der Waals surface area contributed by atoms with Crippen molar-refractivity contribution in [3.8, 4) is 5.75 Å². The zero-order valence-electron chi connectivity index (χ0n) is 12.3. The monoisotopic (exact) mass is 309 g/mol. The Hall–Kier alpha value is -1.26. The molecule has 21 heavy (non-hydrogen) atoms. The second-order valence-corrected chi connectivity index (χ2v) is 6.27. The number of halogens is 1. The van der Waals surface area contributed by atoms with E-state index in [1.807, 2.05) is 4.90 Å². The Labute approximate surface area is 130 Å². The fourth-order valence-corrected chi connectivity index (χ4v) is 3.54. The average molecular weight is 310 g/mol. The molecular formula is C16H20ClNO3. The Kier molecular flexibility index (Phi) is 4.09. The highest BCUT2D eigenvalue weighted by atomic mass is 35.5. The topological polar surface area (TPSA) is 38.8 Å². The zero-order valence-corrected chi connectivity index (χ0v) is 13.1. The maximum Gasteiger partial charge on any atom is 0.255 e. The first-order valence-electron chi connectivity index (χ1n) is 7.36. The molecule has 0 saturated carbocycles. The lowest BCUT2D eigenvalue weighted by molar-refractivity contribution is 0.00865. The number of likely N-dealkylation sites (tertiary alicyclic amines) is 1. The number of hydrogen-bond donors (Lipinski definition) is 0. The summed E-state index contributed by atoms with van der Waals surface area (Å²) in [5.74, 6) is 1.08. The van der Waals surface area contributed by atoms with Crippen LogP contribution in [0.1, 0.15) is 30.1 Å². The van der Waals surface area contributed by atoms with Crippen molar-refractivity contribution in [1.82, 2.24) is 4.90 Å². The van der Waals surface area contributed by atoms with Crippen LogP contribution in [0.15, 0.2) is 18.2 Å². The molecule has 5 heteroatoms. The van der Waals surface area contributed by atoms with Gasteiger partial charge >= 0.3 is 0 Å². The average Bonchev–Trinajstić information content (AvgIpc) is 2.86. The molecule has 1 amide bonds. The van der Waals surface area contributed by atoms with Gasteiger partial charge in [0.2, 0.25) is 0 Å². The first-order chi connectivity index (χ1) is 10.1. The summed E-state index contributed by atoms with van der Waals surface area (Å²) in [6, 6.07) is 5.18. The summed E-state index contributed by atoms with van der Waals surface area (Å²) in [5, 5.41) is 0.471. The predicted octanol–water partition coefficient (Wildman–Crippen LogP) is 2.99. The number of piperidine rings is 1. The third-order valence-electron chi connectivity index (χ3n) is 4.40. The number of ether oxygens (including phenoxy) is 2. The minimum Gasteiger partial charge on any atom is -0.497 e. The highest BCUT2D eigenvalue weighted by Crippen LogP contribution is 2.34. The first-order valence-corrected chi connectivity index (χ1v) is 7.74. The molecule has 1 aromatic rings. The molecule has 2 fully saturated rings. The number of fused-ring (bicyclic) bond motifs is 1. The van der Waals surface area contributed by atoms with Gasteiger partial charge in [-0.2, -0.15) is 0 Å². The fraction of sp³-hybridized carbons (Fsp3) is 0.562. The van der Waals surface area contributed by atoms with Crippen molar-refractivity contribution in [2.75, 3.05) is 20.2 Å². The summed E-state index contributed by atoms with van der Waals surface area (Å²) < 4.78 is 11.1. The van der Waals surface area contributed by atoms with Crippen LogP contribution in [0, 0.1) is 5.92 Å². The van der Waals surface area contributed by atoms with Gasteiger partial charge in [0.1, 0.15) is 5.75 Å². The molecule has 1 aromatic carbocycles. The minimum absolute atomic E-state index is 0.0168. The fourth-order valence-electron chi connectivity index (χ4n) is 3.35. The molecule has 3 rings (SSSR count). The molecule has 4 nitrogen and oxygen atoms in total. The Morgan fingerprint density at radius 2 is 2.29 bits per heavy atom. The molecule has 2 aliphatic rings. The molecule has 0 spiro atoms. The van der Waals surface area contributed by atoms with Crippen LogP contribution in [0.5, 0.6) is 5.75 Å². The van der Waals surface area contributed by atoms with E-state index in [4.69, 9.17) is 21.1 Å². The predicted molar refractivity (Wildman–Crippen MR) is 81.0 cm³/mol. The van der Waals surface area contributed by atoms with Crippen LogP contribution in [0.3, 0.4) is 0 Å². The van der Waals surface area contributed by atoms with Crippen LogP contribution < -0.4 is 4.74 Å². The van der Waals surface area contributed by atoms with E-state index in [-0.39, 0.29) is 5.91 Å². The van der Waals surface area contributed by atoms with E-state index in [1.54, 1.807) is 25.3 Å². The van der Waals surface area contributed by atoms with Crippen LogP contribution in [-0.2, 0) is 4.74 Å². The highest BCUT2D eigenvalue weighted by molar-refractivity contribution is 6.33. The van der Waals surface area contributed by atoms with Gasteiger partial charge in [0.15, 0.2) is 0 Å². The molecule has 0 radical (unpaired) electrons. The van der Waals surface area contributed by atoms with E-state index in [0.29, 0.717) is 34.5 Å². The number of carbonyl (C=O) groups is 1. The number of nitrogens with zero attached hydrogens (tertiary/aromatic N) is 1. The van der Waals surface area contributed by atoms with E-state index in [1.165, 1.54) is 0 Å². The summed E-state index contributed by atoms with van der Waals surface area (Å²) >= 11 is 6.17. The van der Waals surface area contributed by atoms with Gasteiger partial charge < -0.3 is 14.4 Å². The van der Waals surface area contributed by atoms with Crippen LogP contribution in [-0.4, -0.2) is 43.2 Å². The van der Waals surface area contributed by atoms with Gasteiger partial charge in [0.25, 0.3) is 5.91 Å². The summed E-state index contributed by atoms with van der Waals surface area (Å²) in [7, 11) is 1.58. The third kappa shape index (κ3) is 2.87. The summed E-state index contributed by atoms with van der Waals surface area (Å²) in [4.78, 5) is 14.6. The highest BCUT2D eigenvalue weighted by Gasteiger charge is 2.38. The molecule has 0 aliphatic carbocycles. The van der Waals surface area contributed by atoms with Gasteiger partial charge in [0, 0.05) is 19.0 Å². The minimum atomic E-state index is -0.0168. The van der Waals surface area contributed by atoms with Crippen molar-refractivity contribution in [2.24, 2.45) is 5.92 Å². The van der Waals surface area contributed by atoms with Crippen molar-refractivity contribution in [3.05, 3.63) is 28.8 Å². The largest absolute Gasteiger partial charge is 0.497 e. The molecule has 2 saturated heterocycles. The Balaban J connectivity index is 1.77. The smallest absolute Gasteiger partial charge is 0.255 e.